The van der Waals surface area contributed by atoms with E-state index in [0.717, 1.165) is 23.1 Å². The largest absolute Gasteiger partial charge is 0.496 e. The first-order chi connectivity index (χ1) is 11.5. The average molecular weight is 328 g/mol. The SMILES string of the molecule is COc1cc2nccc(Oc3ccc([N+](=O)[O-])c(F)c3)c2cc1C. The number of benzene rings is 2. The zero-order valence-corrected chi connectivity index (χ0v) is 12.9. The Morgan fingerprint density at radius 3 is 2.62 bits per heavy atom. The van der Waals surface area contributed by atoms with Crippen LogP contribution < -0.4 is 9.47 Å². The summed E-state index contributed by atoms with van der Waals surface area (Å²) in [5.74, 6) is 0.389. The summed E-state index contributed by atoms with van der Waals surface area (Å²) in [5.41, 5.74) is 0.970. The number of rotatable bonds is 4. The molecule has 24 heavy (non-hydrogen) atoms. The van der Waals surface area contributed by atoms with Crippen molar-refractivity contribution in [3.63, 3.8) is 0 Å². The van der Waals surface area contributed by atoms with Crippen LogP contribution in [-0.2, 0) is 0 Å². The van der Waals surface area contributed by atoms with Crippen LogP contribution in [0.2, 0.25) is 0 Å². The number of aryl methyl sites for hydroxylation is 1. The van der Waals surface area contributed by atoms with Crippen LogP contribution >= 0.6 is 0 Å². The van der Waals surface area contributed by atoms with Crippen LogP contribution in [0.4, 0.5) is 10.1 Å². The Morgan fingerprint density at radius 2 is 1.96 bits per heavy atom. The molecule has 0 saturated carbocycles. The molecule has 0 fully saturated rings. The van der Waals surface area contributed by atoms with E-state index >= 15 is 0 Å². The van der Waals surface area contributed by atoms with Gasteiger partial charge in [-0.3, -0.25) is 15.1 Å². The van der Waals surface area contributed by atoms with Crippen molar-refractivity contribution in [3.05, 3.63) is 64.1 Å². The summed E-state index contributed by atoms with van der Waals surface area (Å²) in [4.78, 5) is 14.2. The molecule has 0 amide bonds. The van der Waals surface area contributed by atoms with Crippen molar-refractivity contribution in [2.24, 2.45) is 0 Å². The molecule has 1 heterocycles. The van der Waals surface area contributed by atoms with Gasteiger partial charge < -0.3 is 9.47 Å². The van der Waals surface area contributed by atoms with E-state index in [9.17, 15) is 14.5 Å². The quantitative estimate of drug-likeness (QED) is 0.524. The lowest BCUT2D eigenvalue weighted by atomic mass is 10.1. The van der Waals surface area contributed by atoms with E-state index in [1.54, 1.807) is 25.4 Å². The van der Waals surface area contributed by atoms with E-state index in [1.807, 2.05) is 13.0 Å². The zero-order chi connectivity index (χ0) is 17.3. The fraction of sp³-hybridized carbons (Fsp3) is 0.118. The molecule has 0 aliphatic heterocycles. The Bertz CT molecular complexity index is 943. The summed E-state index contributed by atoms with van der Waals surface area (Å²) in [6.45, 7) is 1.89. The third-order valence-electron chi connectivity index (χ3n) is 3.56. The molecule has 0 unspecified atom stereocenters. The Balaban J connectivity index is 2.03. The Hall–Kier alpha value is -3.22. The summed E-state index contributed by atoms with van der Waals surface area (Å²) in [6.07, 6.45) is 1.56. The number of nitro groups is 1. The monoisotopic (exact) mass is 328 g/mol. The normalized spacial score (nSPS) is 10.6. The van der Waals surface area contributed by atoms with Gasteiger partial charge in [0.25, 0.3) is 0 Å². The van der Waals surface area contributed by atoms with Gasteiger partial charge in [-0.1, -0.05) is 0 Å². The third-order valence-corrected chi connectivity index (χ3v) is 3.56. The average Bonchev–Trinajstić information content (AvgIpc) is 2.54. The maximum atomic E-state index is 13.7. The van der Waals surface area contributed by atoms with Gasteiger partial charge in [0, 0.05) is 29.8 Å². The molecule has 3 aromatic rings. The van der Waals surface area contributed by atoms with Crippen LogP contribution in [0.5, 0.6) is 17.2 Å². The van der Waals surface area contributed by atoms with Gasteiger partial charge in [0.1, 0.15) is 17.2 Å². The molecule has 1 aromatic heterocycles. The maximum absolute atomic E-state index is 13.7. The summed E-state index contributed by atoms with van der Waals surface area (Å²) in [7, 11) is 1.58. The van der Waals surface area contributed by atoms with Crippen LogP contribution in [0.1, 0.15) is 5.56 Å². The fourth-order valence-electron chi connectivity index (χ4n) is 2.39. The molecule has 0 bridgehead atoms. The van der Waals surface area contributed by atoms with Crippen LogP contribution in [0.15, 0.2) is 42.6 Å². The number of pyridine rings is 1. The topological polar surface area (TPSA) is 74.5 Å². The van der Waals surface area contributed by atoms with E-state index in [1.165, 1.54) is 6.07 Å². The van der Waals surface area contributed by atoms with Gasteiger partial charge in [0.15, 0.2) is 0 Å². The number of hydrogen-bond donors (Lipinski definition) is 0. The second-order valence-corrected chi connectivity index (χ2v) is 5.12. The second-order valence-electron chi connectivity index (χ2n) is 5.12. The highest BCUT2D eigenvalue weighted by atomic mass is 19.1. The zero-order valence-electron chi connectivity index (χ0n) is 12.9. The van der Waals surface area contributed by atoms with Gasteiger partial charge in [-0.05, 0) is 30.7 Å². The maximum Gasteiger partial charge on any atom is 0.305 e. The number of ether oxygens (including phenoxy) is 2. The fourth-order valence-corrected chi connectivity index (χ4v) is 2.39. The first-order valence-electron chi connectivity index (χ1n) is 7.04. The molecule has 0 N–H and O–H groups in total. The second kappa shape index (κ2) is 6.11. The molecule has 0 spiro atoms. The molecule has 0 aliphatic rings. The van der Waals surface area contributed by atoms with Gasteiger partial charge in [0.05, 0.1) is 17.5 Å². The van der Waals surface area contributed by atoms with Gasteiger partial charge in [-0.2, -0.15) is 4.39 Å². The molecule has 7 heteroatoms. The van der Waals surface area contributed by atoms with Crippen LogP contribution in [0.25, 0.3) is 10.9 Å². The number of nitrogens with zero attached hydrogens (tertiary/aromatic N) is 2. The van der Waals surface area contributed by atoms with Crippen molar-refractivity contribution in [3.8, 4) is 17.2 Å². The molecule has 6 nitrogen and oxygen atoms in total. The van der Waals surface area contributed by atoms with Gasteiger partial charge in [0.2, 0.25) is 5.82 Å². The Kier molecular flexibility index (Phi) is 3.99. The van der Waals surface area contributed by atoms with Crippen LogP contribution in [-0.4, -0.2) is 17.0 Å². The summed E-state index contributed by atoms with van der Waals surface area (Å²) in [6, 6.07) is 8.70. The number of halogens is 1. The lowest BCUT2D eigenvalue weighted by Gasteiger charge is -2.11. The molecular formula is C17H13FN2O4. The highest BCUT2D eigenvalue weighted by molar-refractivity contribution is 5.87. The van der Waals surface area contributed by atoms with Crippen molar-refractivity contribution >= 4 is 16.6 Å². The Labute approximate surface area is 136 Å². The predicted octanol–water partition coefficient (Wildman–Crippen LogP) is 4.39. The lowest BCUT2D eigenvalue weighted by molar-refractivity contribution is -0.387. The van der Waals surface area contributed by atoms with Crippen molar-refractivity contribution in [2.75, 3.05) is 7.11 Å². The van der Waals surface area contributed by atoms with E-state index in [-0.39, 0.29) is 5.75 Å². The van der Waals surface area contributed by atoms with Crippen molar-refractivity contribution in [2.45, 2.75) is 6.92 Å². The smallest absolute Gasteiger partial charge is 0.305 e. The predicted molar refractivity (Wildman–Crippen MR) is 86.2 cm³/mol. The van der Waals surface area contributed by atoms with E-state index in [0.29, 0.717) is 17.0 Å². The molecule has 0 saturated heterocycles. The number of aromatic nitrogens is 1. The molecule has 0 aliphatic carbocycles. The summed E-state index contributed by atoms with van der Waals surface area (Å²) >= 11 is 0. The number of methoxy groups -OCH3 is 1. The standard InChI is InChI=1S/C17H13FN2O4/c1-10-7-12-14(9-17(10)23-2)19-6-5-16(12)24-11-3-4-15(20(21)22)13(18)8-11/h3-9H,1-2H3. The minimum Gasteiger partial charge on any atom is -0.496 e. The number of fused-ring (bicyclic) bond motifs is 1. The van der Waals surface area contributed by atoms with Gasteiger partial charge in [-0.15, -0.1) is 0 Å². The highest BCUT2D eigenvalue weighted by Gasteiger charge is 2.15. The molecule has 2 aromatic carbocycles. The van der Waals surface area contributed by atoms with Gasteiger partial charge >= 0.3 is 5.69 Å². The van der Waals surface area contributed by atoms with Crippen molar-refractivity contribution in [1.29, 1.82) is 0 Å². The minimum absolute atomic E-state index is 0.166. The summed E-state index contributed by atoms with van der Waals surface area (Å²) < 4.78 is 24.7. The minimum atomic E-state index is -0.950. The molecule has 0 radical (unpaired) electrons. The van der Waals surface area contributed by atoms with Crippen molar-refractivity contribution < 1.29 is 18.8 Å². The van der Waals surface area contributed by atoms with E-state index in [4.69, 9.17) is 9.47 Å². The van der Waals surface area contributed by atoms with E-state index < -0.39 is 16.4 Å². The van der Waals surface area contributed by atoms with Crippen LogP contribution in [0, 0.1) is 22.9 Å². The molecule has 3 rings (SSSR count). The Morgan fingerprint density at radius 1 is 1.17 bits per heavy atom. The molecule has 0 atom stereocenters. The van der Waals surface area contributed by atoms with Crippen molar-refractivity contribution in [1.82, 2.24) is 4.98 Å². The summed E-state index contributed by atoms with van der Waals surface area (Å²) in [5, 5.41) is 11.4. The first-order valence-corrected chi connectivity index (χ1v) is 7.04. The third kappa shape index (κ3) is 2.83. The molecular weight excluding hydrogens is 315 g/mol. The number of hydrogen-bond acceptors (Lipinski definition) is 5. The molecule has 122 valence electrons. The highest BCUT2D eigenvalue weighted by Crippen LogP contribution is 2.33. The van der Waals surface area contributed by atoms with Crippen LogP contribution in [0.3, 0.4) is 0 Å². The van der Waals surface area contributed by atoms with Gasteiger partial charge in [-0.25, -0.2) is 0 Å². The number of nitro benzene ring substituents is 1. The lowest BCUT2D eigenvalue weighted by Crippen LogP contribution is -1.94. The van der Waals surface area contributed by atoms with E-state index in [2.05, 4.69) is 4.98 Å². The first kappa shape index (κ1) is 15.7.